The van der Waals surface area contributed by atoms with Crippen molar-refractivity contribution in [1.82, 2.24) is 9.88 Å². The minimum absolute atomic E-state index is 0.176. The summed E-state index contributed by atoms with van der Waals surface area (Å²) in [4.78, 5) is 19.8. The second kappa shape index (κ2) is 11.5. The summed E-state index contributed by atoms with van der Waals surface area (Å²) in [5.74, 6) is 0.418. The summed E-state index contributed by atoms with van der Waals surface area (Å²) >= 11 is 6.32. The van der Waals surface area contributed by atoms with Gasteiger partial charge in [-0.25, -0.2) is 0 Å². The number of aryl methyl sites for hydroxylation is 1. The number of benzene rings is 2. The van der Waals surface area contributed by atoms with Gasteiger partial charge in [-0.2, -0.15) is 0 Å². The van der Waals surface area contributed by atoms with Gasteiger partial charge >= 0.3 is 0 Å². The van der Waals surface area contributed by atoms with Crippen molar-refractivity contribution in [3.05, 3.63) is 58.7 Å². The van der Waals surface area contributed by atoms with E-state index in [-0.39, 0.29) is 11.7 Å². The van der Waals surface area contributed by atoms with E-state index in [2.05, 4.69) is 67.4 Å². The SMILES string of the molecule is CCN(C)C.Cc1cc(Cl)cc(-c2ccc3ncc(C(=O)C4CC4)c(NC4CCCCC4)c3c2)c1. The van der Waals surface area contributed by atoms with Crippen molar-refractivity contribution in [2.24, 2.45) is 5.92 Å². The number of ketones is 1. The molecule has 0 aliphatic heterocycles. The average Bonchev–Trinajstić information content (AvgIpc) is 3.70. The number of nitrogens with one attached hydrogen (secondary N) is 1. The molecule has 2 aliphatic carbocycles. The quantitative estimate of drug-likeness (QED) is 0.358. The number of pyridine rings is 1. The first-order valence-electron chi connectivity index (χ1n) is 13.0. The Morgan fingerprint density at radius 1 is 1.03 bits per heavy atom. The van der Waals surface area contributed by atoms with Crippen LogP contribution in [0.15, 0.2) is 42.6 Å². The summed E-state index contributed by atoms with van der Waals surface area (Å²) in [6.07, 6.45) is 9.92. The van der Waals surface area contributed by atoms with Crippen LogP contribution in [0.2, 0.25) is 5.02 Å². The summed E-state index contributed by atoms with van der Waals surface area (Å²) in [5.41, 5.74) is 5.97. The van der Waals surface area contributed by atoms with E-state index in [1.807, 2.05) is 12.1 Å². The normalized spacial score (nSPS) is 16.2. The fourth-order valence-corrected chi connectivity index (χ4v) is 4.92. The summed E-state index contributed by atoms with van der Waals surface area (Å²) in [6, 6.07) is 12.8. The largest absolute Gasteiger partial charge is 0.381 e. The molecule has 5 heteroatoms. The molecule has 2 aliphatic rings. The predicted octanol–water partition coefficient (Wildman–Crippen LogP) is 7.77. The molecule has 0 radical (unpaired) electrons. The molecule has 186 valence electrons. The maximum absolute atomic E-state index is 13.1. The van der Waals surface area contributed by atoms with E-state index in [9.17, 15) is 4.79 Å². The zero-order valence-electron chi connectivity index (χ0n) is 21.5. The Labute approximate surface area is 215 Å². The van der Waals surface area contributed by atoms with Crippen molar-refractivity contribution >= 4 is 34.0 Å². The van der Waals surface area contributed by atoms with Gasteiger partial charge in [-0.3, -0.25) is 9.78 Å². The highest BCUT2D eigenvalue weighted by molar-refractivity contribution is 6.31. The zero-order valence-corrected chi connectivity index (χ0v) is 22.3. The van der Waals surface area contributed by atoms with E-state index in [0.29, 0.717) is 6.04 Å². The Kier molecular flexibility index (Phi) is 8.46. The molecular weight excluding hydrogens is 454 g/mol. The summed E-state index contributed by atoms with van der Waals surface area (Å²) in [7, 11) is 4.11. The van der Waals surface area contributed by atoms with Gasteiger partial charge in [0.2, 0.25) is 0 Å². The lowest BCUT2D eigenvalue weighted by atomic mass is 9.93. The van der Waals surface area contributed by atoms with E-state index < -0.39 is 0 Å². The molecule has 3 aromatic rings. The van der Waals surface area contributed by atoms with Gasteiger partial charge in [0, 0.05) is 28.6 Å². The van der Waals surface area contributed by atoms with Crippen LogP contribution in [0, 0.1) is 12.8 Å². The molecular formula is C30H38ClN3O. The van der Waals surface area contributed by atoms with Gasteiger partial charge in [0.15, 0.2) is 5.78 Å². The van der Waals surface area contributed by atoms with Gasteiger partial charge in [-0.05, 0) is 94.2 Å². The second-order valence-corrected chi connectivity index (χ2v) is 10.7. The molecule has 1 N–H and O–H groups in total. The first kappa shape index (κ1) is 25.7. The van der Waals surface area contributed by atoms with Crippen molar-refractivity contribution in [3.63, 3.8) is 0 Å². The standard InChI is InChI=1S/C26H27ClN2O.C4H11N/c1-16-11-19(13-20(27)12-16)18-9-10-24-22(14-18)25(29-21-5-3-2-4-6-21)23(15-28-24)26(30)17-7-8-17;1-4-5(2)3/h9-15,17,21H,2-8H2,1H3,(H,28,29);4H2,1-3H3. The average molecular weight is 492 g/mol. The zero-order chi connectivity index (χ0) is 24.9. The summed E-state index contributed by atoms with van der Waals surface area (Å²) < 4.78 is 0. The number of anilines is 1. The van der Waals surface area contributed by atoms with E-state index in [1.54, 1.807) is 6.20 Å². The van der Waals surface area contributed by atoms with Crippen LogP contribution in [-0.4, -0.2) is 42.3 Å². The lowest BCUT2D eigenvalue weighted by Gasteiger charge is -2.26. The number of Topliss-reactive ketones (excluding diaryl/α,β-unsaturated/α-hetero) is 1. The molecule has 0 atom stereocenters. The Hall–Kier alpha value is -2.43. The molecule has 2 saturated carbocycles. The Morgan fingerprint density at radius 3 is 2.37 bits per heavy atom. The van der Waals surface area contributed by atoms with Gasteiger partial charge in [0.1, 0.15) is 0 Å². The van der Waals surface area contributed by atoms with Crippen molar-refractivity contribution in [2.45, 2.75) is 64.8 Å². The fourth-order valence-electron chi connectivity index (χ4n) is 4.63. The maximum Gasteiger partial charge on any atom is 0.169 e. The fraction of sp³-hybridized carbons (Fsp3) is 0.467. The van der Waals surface area contributed by atoms with Gasteiger partial charge in [-0.15, -0.1) is 0 Å². The molecule has 0 saturated heterocycles. The summed E-state index contributed by atoms with van der Waals surface area (Å²) in [6.45, 7) is 5.32. The van der Waals surface area contributed by atoms with Gasteiger partial charge < -0.3 is 10.2 Å². The van der Waals surface area contributed by atoms with E-state index >= 15 is 0 Å². The topological polar surface area (TPSA) is 45.2 Å². The Bertz CT molecular complexity index is 1160. The third kappa shape index (κ3) is 6.62. The highest BCUT2D eigenvalue weighted by Gasteiger charge is 2.33. The number of fused-ring (bicyclic) bond motifs is 1. The van der Waals surface area contributed by atoms with Crippen LogP contribution < -0.4 is 5.32 Å². The minimum Gasteiger partial charge on any atom is -0.381 e. The molecule has 0 unspecified atom stereocenters. The van der Waals surface area contributed by atoms with E-state index in [1.165, 1.54) is 19.3 Å². The number of hydrogen-bond acceptors (Lipinski definition) is 4. The minimum atomic E-state index is 0.176. The Balaban J connectivity index is 0.000000527. The number of carbonyl (C=O) groups excluding carboxylic acids is 1. The molecule has 2 fully saturated rings. The van der Waals surface area contributed by atoms with Gasteiger partial charge in [0.25, 0.3) is 0 Å². The van der Waals surface area contributed by atoms with Gasteiger partial charge in [0.05, 0.1) is 16.8 Å². The van der Waals surface area contributed by atoms with E-state index in [4.69, 9.17) is 11.6 Å². The van der Waals surface area contributed by atoms with Crippen molar-refractivity contribution < 1.29 is 4.79 Å². The lowest BCUT2D eigenvalue weighted by Crippen LogP contribution is -2.24. The molecule has 5 rings (SSSR count). The molecule has 0 bridgehead atoms. The highest BCUT2D eigenvalue weighted by Crippen LogP contribution is 2.38. The smallest absolute Gasteiger partial charge is 0.169 e. The number of aromatic nitrogens is 1. The molecule has 1 heterocycles. The first-order valence-corrected chi connectivity index (χ1v) is 13.4. The maximum atomic E-state index is 13.1. The number of carbonyl (C=O) groups is 1. The van der Waals surface area contributed by atoms with Crippen LogP contribution >= 0.6 is 11.6 Å². The molecule has 0 spiro atoms. The third-order valence-corrected chi connectivity index (χ3v) is 7.26. The second-order valence-electron chi connectivity index (χ2n) is 10.3. The lowest BCUT2D eigenvalue weighted by molar-refractivity contribution is 0.0968. The molecule has 2 aromatic carbocycles. The number of hydrogen-bond donors (Lipinski definition) is 1. The third-order valence-electron chi connectivity index (χ3n) is 7.04. The number of halogens is 1. The van der Waals surface area contributed by atoms with Crippen LogP contribution in [0.1, 0.15) is 67.8 Å². The monoisotopic (exact) mass is 491 g/mol. The van der Waals surface area contributed by atoms with Gasteiger partial charge in [-0.1, -0.05) is 49.9 Å². The van der Waals surface area contributed by atoms with Crippen molar-refractivity contribution in [1.29, 1.82) is 0 Å². The first-order chi connectivity index (χ1) is 16.9. The van der Waals surface area contributed by atoms with Crippen LogP contribution in [-0.2, 0) is 0 Å². The van der Waals surface area contributed by atoms with Crippen LogP contribution in [0.4, 0.5) is 5.69 Å². The molecule has 0 amide bonds. The molecule has 35 heavy (non-hydrogen) atoms. The molecule has 1 aromatic heterocycles. The van der Waals surface area contributed by atoms with Crippen molar-refractivity contribution in [3.8, 4) is 11.1 Å². The Morgan fingerprint density at radius 2 is 1.74 bits per heavy atom. The number of nitrogens with zero attached hydrogens (tertiary/aromatic N) is 2. The van der Waals surface area contributed by atoms with E-state index in [0.717, 1.165) is 76.1 Å². The predicted molar refractivity (Wildman–Crippen MR) is 149 cm³/mol. The highest BCUT2D eigenvalue weighted by atomic mass is 35.5. The molecule has 4 nitrogen and oxygen atoms in total. The van der Waals surface area contributed by atoms with Crippen LogP contribution in [0.5, 0.6) is 0 Å². The summed E-state index contributed by atoms with van der Waals surface area (Å²) in [5, 5.41) is 5.54. The van der Waals surface area contributed by atoms with Crippen LogP contribution in [0.25, 0.3) is 22.0 Å². The number of rotatable bonds is 6. The van der Waals surface area contributed by atoms with Crippen molar-refractivity contribution in [2.75, 3.05) is 26.0 Å². The van der Waals surface area contributed by atoms with Crippen LogP contribution in [0.3, 0.4) is 0 Å².